The Morgan fingerprint density at radius 1 is 1.08 bits per heavy atom. The van der Waals surface area contributed by atoms with Crippen molar-refractivity contribution in [3.05, 3.63) is 60.2 Å². The van der Waals surface area contributed by atoms with Crippen LogP contribution in [0, 0.1) is 0 Å². The minimum atomic E-state index is 0.0000720. The van der Waals surface area contributed by atoms with Crippen molar-refractivity contribution in [2.24, 2.45) is 0 Å². The van der Waals surface area contributed by atoms with Crippen LogP contribution in [0.3, 0.4) is 0 Å². The maximum Gasteiger partial charge on any atom is 0.270 e. The number of nitrogens with zero attached hydrogens (tertiary/aromatic N) is 4. The van der Waals surface area contributed by atoms with Gasteiger partial charge in [-0.3, -0.25) is 4.79 Å². The monoisotopic (exact) mass is 338 g/mol. The van der Waals surface area contributed by atoms with Crippen molar-refractivity contribution in [1.82, 2.24) is 19.6 Å². The molecule has 1 aliphatic heterocycles. The van der Waals surface area contributed by atoms with Crippen LogP contribution in [0.1, 0.15) is 16.3 Å². The molecule has 3 aromatic rings. The summed E-state index contributed by atoms with van der Waals surface area (Å²) in [6.07, 6.45) is 1.85. The molecule has 2 aromatic heterocycles. The van der Waals surface area contributed by atoms with E-state index in [0.29, 0.717) is 50.3 Å². The Bertz CT molecular complexity index is 850. The molecule has 25 heavy (non-hydrogen) atoms. The maximum atomic E-state index is 12.7. The Kier molecular flexibility index (Phi) is 4.30. The highest BCUT2D eigenvalue weighted by molar-refractivity contribution is 5.92. The second-order valence-corrected chi connectivity index (χ2v) is 5.81. The van der Waals surface area contributed by atoms with Gasteiger partial charge in [0, 0.05) is 24.8 Å². The van der Waals surface area contributed by atoms with Gasteiger partial charge in [-0.15, -0.1) is 0 Å². The zero-order valence-electron chi connectivity index (χ0n) is 13.7. The SMILES string of the molecule is O=C(c1cccn1Cc1noc(-c2ccccc2)n1)N1CCOCC1. The average Bonchev–Trinajstić information content (AvgIpc) is 3.33. The Hall–Kier alpha value is -2.93. The van der Waals surface area contributed by atoms with Gasteiger partial charge < -0.3 is 18.7 Å². The molecule has 1 amide bonds. The molecule has 1 aromatic carbocycles. The van der Waals surface area contributed by atoms with E-state index in [0.717, 1.165) is 5.56 Å². The van der Waals surface area contributed by atoms with Crippen molar-refractivity contribution in [2.45, 2.75) is 6.54 Å². The van der Waals surface area contributed by atoms with Gasteiger partial charge in [-0.25, -0.2) is 0 Å². The van der Waals surface area contributed by atoms with Crippen molar-refractivity contribution >= 4 is 5.91 Å². The zero-order chi connectivity index (χ0) is 17.1. The second-order valence-electron chi connectivity index (χ2n) is 5.81. The molecule has 0 aliphatic carbocycles. The van der Waals surface area contributed by atoms with Crippen LogP contribution in [0.5, 0.6) is 0 Å². The standard InChI is InChI=1S/C18H18N4O3/c23-18(21-9-11-24-12-10-21)15-7-4-8-22(15)13-16-19-17(25-20-16)14-5-2-1-3-6-14/h1-8H,9-13H2. The van der Waals surface area contributed by atoms with E-state index in [-0.39, 0.29) is 5.91 Å². The van der Waals surface area contributed by atoms with Gasteiger partial charge in [-0.05, 0) is 24.3 Å². The van der Waals surface area contributed by atoms with Crippen LogP contribution >= 0.6 is 0 Å². The molecular formula is C18H18N4O3. The lowest BCUT2D eigenvalue weighted by molar-refractivity contribution is 0.0296. The number of benzene rings is 1. The molecule has 1 fully saturated rings. The van der Waals surface area contributed by atoms with E-state index in [4.69, 9.17) is 9.26 Å². The third kappa shape index (κ3) is 3.32. The molecule has 0 spiro atoms. The number of aromatic nitrogens is 3. The highest BCUT2D eigenvalue weighted by atomic mass is 16.5. The molecule has 7 heteroatoms. The number of carbonyl (C=O) groups is 1. The van der Waals surface area contributed by atoms with E-state index >= 15 is 0 Å². The average molecular weight is 338 g/mol. The molecule has 3 heterocycles. The molecule has 0 unspecified atom stereocenters. The summed E-state index contributed by atoms with van der Waals surface area (Å²) in [4.78, 5) is 18.9. The number of rotatable bonds is 4. The van der Waals surface area contributed by atoms with Crippen molar-refractivity contribution in [3.63, 3.8) is 0 Å². The van der Waals surface area contributed by atoms with Gasteiger partial charge in [-0.1, -0.05) is 23.4 Å². The van der Waals surface area contributed by atoms with Crippen LogP contribution < -0.4 is 0 Å². The van der Waals surface area contributed by atoms with Crippen molar-refractivity contribution in [2.75, 3.05) is 26.3 Å². The minimum absolute atomic E-state index is 0.0000720. The molecular weight excluding hydrogens is 320 g/mol. The number of morpholine rings is 1. The number of ether oxygens (including phenoxy) is 1. The summed E-state index contributed by atoms with van der Waals surface area (Å²) in [5.41, 5.74) is 1.49. The molecule has 0 N–H and O–H groups in total. The topological polar surface area (TPSA) is 73.4 Å². The molecule has 4 rings (SSSR count). The lowest BCUT2D eigenvalue weighted by Crippen LogP contribution is -2.41. The van der Waals surface area contributed by atoms with Crippen LogP contribution in [-0.2, 0) is 11.3 Å². The van der Waals surface area contributed by atoms with E-state index in [2.05, 4.69) is 10.1 Å². The molecule has 128 valence electrons. The van der Waals surface area contributed by atoms with Gasteiger partial charge in [0.05, 0.1) is 19.8 Å². The number of carbonyl (C=O) groups excluding carboxylic acids is 1. The fraction of sp³-hybridized carbons (Fsp3) is 0.278. The summed E-state index contributed by atoms with van der Waals surface area (Å²) in [5.74, 6) is 1.01. The molecule has 0 saturated carbocycles. The zero-order valence-corrected chi connectivity index (χ0v) is 13.7. The summed E-state index contributed by atoms with van der Waals surface area (Å²) in [6.45, 7) is 2.78. The van der Waals surface area contributed by atoms with Crippen LogP contribution in [0.25, 0.3) is 11.5 Å². The minimum Gasteiger partial charge on any atom is -0.378 e. The highest BCUT2D eigenvalue weighted by Crippen LogP contribution is 2.17. The smallest absolute Gasteiger partial charge is 0.270 e. The van der Waals surface area contributed by atoms with Crippen molar-refractivity contribution < 1.29 is 14.1 Å². The molecule has 0 radical (unpaired) electrons. The molecule has 7 nitrogen and oxygen atoms in total. The summed E-state index contributed by atoms with van der Waals surface area (Å²) >= 11 is 0. The largest absolute Gasteiger partial charge is 0.378 e. The fourth-order valence-electron chi connectivity index (χ4n) is 2.84. The van der Waals surface area contributed by atoms with E-state index in [1.165, 1.54) is 0 Å². The second kappa shape index (κ2) is 6.90. The Balaban J connectivity index is 1.51. The highest BCUT2D eigenvalue weighted by Gasteiger charge is 2.21. The molecule has 1 saturated heterocycles. The summed E-state index contributed by atoms with van der Waals surface area (Å²) in [5, 5.41) is 4.03. The van der Waals surface area contributed by atoms with Crippen LogP contribution in [0.2, 0.25) is 0 Å². The number of amides is 1. The fourth-order valence-corrected chi connectivity index (χ4v) is 2.84. The van der Waals surface area contributed by atoms with Crippen molar-refractivity contribution in [3.8, 4) is 11.5 Å². The Morgan fingerprint density at radius 2 is 1.88 bits per heavy atom. The van der Waals surface area contributed by atoms with E-state index in [1.807, 2.05) is 53.2 Å². The summed E-state index contributed by atoms with van der Waals surface area (Å²) in [7, 11) is 0. The summed E-state index contributed by atoms with van der Waals surface area (Å²) < 4.78 is 12.5. The normalized spacial score (nSPS) is 14.6. The quantitative estimate of drug-likeness (QED) is 0.728. The van der Waals surface area contributed by atoms with E-state index in [9.17, 15) is 4.79 Å². The van der Waals surface area contributed by atoms with Gasteiger partial charge in [-0.2, -0.15) is 4.98 Å². The lowest BCUT2D eigenvalue weighted by Gasteiger charge is -2.27. The first-order chi connectivity index (χ1) is 12.3. The van der Waals surface area contributed by atoms with Gasteiger partial charge in [0.25, 0.3) is 11.8 Å². The Labute approximate surface area is 144 Å². The van der Waals surface area contributed by atoms with Gasteiger partial charge in [0.1, 0.15) is 5.69 Å². The van der Waals surface area contributed by atoms with Crippen molar-refractivity contribution in [1.29, 1.82) is 0 Å². The van der Waals surface area contributed by atoms with Crippen LogP contribution in [0.15, 0.2) is 53.2 Å². The summed E-state index contributed by atoms with van der Waals surface area (Å²) in [6, 6.07) is 13.3. The Morgan fingerprint density at radius 3 is 2.68 bits per heavy atom. The van der Waals surface area contributed by atoms with E-state index in [1.54, 1.807) is 4.90 Å². The third-order valence-corrected chi connectivity index (χ3v) is 4.15. The maximum absolute atomic E-state index is 12.7. The lowest BCUT2D eigenvalue weighted by atomic mass is 10.2. The first-order valence-corrected chi connectivity index (χ1v) is 8.21. The van der Waals surface area contributed by atoms with Gasteiger partial charge in [0.2, 0.25) is 0 Å². The number of hydrogen-bond donors (Lipinski definition) is 0. The molecule has 0 bridgehead atoms. The van der Waals surface area contributed by atoms with E-state index < -0.39 is 0 Å². The molecule has 0 atom stereocenters. The third-order valence-electron chi connectivity index (χ3n) is 4.15. The number of hydrogen-bond acceptors (Lipinski definition) is 5. The van der Waals surface area contributed by atoms with Crippen LogP contribution in [0.4, 0.5) is 0 Å². The predicted molar refractivity (Wildman–Crippen MR) is 90.0 cm³/mol. The molecule has 1 aliphatic rings. The first-order valence-electron chi connectivity index (χ1n) is 8.21. The van der Waals surface area contributed by atoms with Crippen LogP contribution in [-0.4, -0.2) is 51.8 Å². The predicted octanol–water partition coefficient (Wildman–Crippen LogP) is 2.06. The van der Waals surface area contributed by atoms with Gasteiger partial charge >= 0.3 is 0 Å². The first kappa shape index (κ1) is 15.6. The van der Waals surface area contributed by atoms with Gasteiger partial charge in [0.15, 0.2) is 5.82 Å².